The van der Waals surface area contributed by atoms with Crippen LogP contribution in [0.1, 0.15) is 25.6 Å². The number of nitrogen functional groups attached to an aromatic ring is 1. The molecule has 1 fully saturated rings. The van der Waals surface area contributed by atoms with Crippen LogP contribution in [0.3, 0.4) is 0 Å². The molecule has 18 heavy (non-hydrogen) atoms. The van der Waals surface area contributed by atoms with Gasteiger partial charge < -0.3 is 5.73 Å². The van der Waals surface area contributed by atoms with Crippen molar-refractivity contribution in [3.8, 4) is 0 Å². The summed E-state index contributed by atoms with van der Waals surface area (Å²) in [6.45, 7) is 5.42. The highest BCUT2D eigenvalue weighted by molar-refractivity contribution is 7.16. The highest BCUT2D eigenvalue weighted by Gasteiger charge is 2.17. The molecule has 3 rings (SSSR count). The van der Waals surface area contributed by atoms with Gasteiger partial charge in [0, 0.05) is 6.54 Å². The minimum absolute atomic E-state index is 0.612. The van der Waals surface area contributed by atoms with Gasteiger partial charge in [0.05, 0.1) is 11.9 Å². The van der Waals surface area contributed by atoms with Gasteiger partial charge in [0.15, 0.2) is 0 Å². The number of aromatic nitrogens is 2. The van der Waals surface area contributed by atoms with E-state index < -0.39 is 0 Å². The van der Waals surface area contributed by atoms with Crippen molar-refractivity contribution < 1.29 is 0 Å². The first-order valence-corrected chi connectivity index (χ1v) is 7.32. The first-order valence-electron chi connectivity index (χ1n) is 6.44. The Kier molecular flexibility index (Phi) is 3.18. The molecule has 4 nitrogen and oxygen atoms in total. The van der Waals surface area contributed by atoms with Crippen LogP contribution in [0.5, 0.6) is 0 Å². The summed E-state index contributed by atoms with van der Waals surface area (Å²) in [6, 6.07) is 1.99. The molecule has 0 bridgehead atoms. The Labute approximate surface area is 111 Å². The molecular formula is C13H18N4S. The lowest BCUT2D eigenvalue weighted by Crippen LogP contribution is -2.34. The summed E-state index contributed by atoms with van der Waals surface area (Å²) in [5.74, 6) is 2.25. The number of hydrogen-bond donors (Lipinski definition) is 1. The fraction of sp³-hybridized carbons (Fsp3) is 0.538. The third-order valence-electron chi connectivity index (χ3n) is 3.51. The molecule has 5 heteroatoms. The van der Waals surface area contributed by atoms with Gasteiger partial charge in [0.1, 0.15) is 16.5 Å². The minimum atomic E-state index is 0.612. The molecule has 2 aromatic rings. The second kappa shape index (κ2) is 4.82. The van der Waals surface area contributed by atoms with Crippen LogP contribution in [0.4, 0.5) is 5.82 Å². The molecule has 1 aliphatic heterocycles. The van der Waals surface area contributed by atoms with Crippen molar-refractivity contribution in [3.63, 3.8) is 0 Å². The van der Waals surface area contributed by atoms with Gasteiger partial charge in [-0.05, 0) is 36.8 Å². The van der Waals surface area contributed by atoms with E-state index >= 15 is 0 Å². The Morgan fingerprint density at radius 2 is 2.39 bits per heavy atom. The van der Waals surface area contributed by atoms with Gasteiger partial charge >= 0.3 is 0 Å². The van der Waals surface area contributed by atoms with Gasteiger partial charge in [-0.3, -0.25) is 4.90 Å². The van der Waals surface area contributed by atoms with Crippen molar-refractivity contribution >= 4 is 27.4 Å². The molecule has 0 amide bonds. The van der Waals surface area contributed by atoms with Crippen LogP contribution < -0.4 is 5.73 Å². The zero-order valence-corrected chi connectivity index (χ0v) is 11.4. The van der Waals surface area contributed by atoms with Crippen molar-refractivity contribution in [1.29, 1.82) is 0 Å². The summed E-state index contributed by atoms with van der Waals surface area (Å²) >= 11 is 1.63. The fourth-order valence-electron chi connectivity index (χ4n) is 2.63. The van der Waals surface area contributed by atoms with Crippen molar-refractivity contribution in [2.24, 2.45) is 5.92 Å². The van der Waals surface area contributed by atoms with Crippen LogP contribution in [0.25, 0.3) is 10.2 Å². The second-order valence-electron chi connectivity index (χ2n) is 5.15. The van der Waals surface area contributed by atoms with Crippen molar-refractivity contribution in [3.05, 3.63) is 17.3 Å². The van der Waals surface area contributed by atoms with Crippen LogP contribution in [0, 0.1) is 5.92 Å². The average molecular weight is 262 g/mol. The molecule has 3 heterocycles. The minimum Gasteiger partial charge on any atom is -0.383 e. The number of thiophene rings is 1. The van der Waals surface area contributed by atoms with E-state index in [9.17, 15) is 0 Å². The summed E-state index contributed by atoms with van der Waals surface area (Å²) < 4.78 is 0. The van der Waals surface area contributed by atoms with Gasteiger partial charge in [-0.1, -0.05) is 6.92 Å². The number of nitrogens with zero attached hydrogens (tertiary/aromatic N) is 3. The third-order valence-corrected chi connectivity index (χ3v) is 4.31. The van der Waals surface area contributed by atoms with Crippen LogP contribution in [0.15, 0.2) is 11.4 Å². The SMILES string of the molecule is CC1CCCN(Cc2nc(N)c3ccsc3n2)C1. The Morgan fingerprint density at radius 1 is 1.50 bits per heavy atom. The van der Waals surface area contributed by atoms with Crippen LogP contribution >= 0.6 is 11.3 Å². The van der Waals surface area contributed by atoms with Gasteiger partial charge in [-0.15, -0.1) is 11.3 Å². The molecule has 2 N–H and O–H groups in total. The number of piperidine rings is 1. The smallest absolute Gasteiger partial charge is 0.146 e. The number of likely N-dealkylation sites (tertiary alicyclic amines) is 1. The lowest BCUT2D eigenvalue weighted by molar-refractivity contribution is 0.173. The summed E-state index contributed by atoms with van der Waals surface area (Å²) in [4.78, 5) is 12.5. The lowest BCUT2D eigenvalue weighted by atomic mass is 10.0. The lowest BCUT2D eigenvalue weighted by Gasteiger charge is -2.30. The normalized spacial score (nSPS) is 21.5. The van der Waals surface area contributed by atoms with Gasteiger partial charge in [0.25, 0.3) is 0 Å². The largest absolute Gasteiger partial charge is 0.383 e. The molecule has 1 unspecified atom stereocenters. The molecule has 1 saturated heterocycles. The van der Waals surface area contributed by atoms with E-state index in [0.29, 0.717) is 5.82 Å². The molecule has 0 aromatic carbocycles. The van der Waals surface area contributed by atoms with Crippen LogP contribution in [0.2, 0.25) is 0 Å². The number of fused-ring (bicyclic) bond motifs is 1. The Bertz CT molecular complexity index is 551. The van der Waals surface area contributed by atoms with Gasteiger partial charge in [-0.2, -0.15) is 0 Å². The molecule has 1 atom stereocenters. The number of nitrogens with two attached hydrogens (primary N) is 1. The number of anilines is 1. The monoisotopic (exact) mass is 262 g/mol. The standard InChI is InChI=1S/C13H18N4S/c1-9-3-2-5-17(7-9)8-11-15-12(14)10-4-6-18-13(10)16-11/h4,6,9H,2-3,5,7-8H2,1H3,(H2,14,15,16). The summed E-state index contributed by atoms with van der Waals surface area (Å²) in [5.41, 5.74) is 5.97. The molecule has 0 saturated carbocycles. The average Bonchev–Trinajstić information content (AvgIpc) is 2.77. The molecule has 1 aliphatic rings. The van der Waals surface area contributed by atoms with Crippen molar-refractivity contribution in [1.82, 2.24) is 14.9 Å². The summed E-state index contributed by atoms with van der Waals surface area (Å²) in [7, 11) is 0. The quantitative estimate of drug-likeness (QED) is 0.903. The number of hydrogen-bond acceptors (Lipinski definition) is 5. The fourth-order valence-corrected chi connectivity index (χ4v) is 3.42. The highest BCUT2D eigenvalue weighted by atomic mass is 32.1. The maximum absolute atomic E-state index is 5.97. The number of rotatable bonds is 2. The van der Waals surface area contributed by atoms with E-state index in [-0.39, 0.29) is 0 Å². The Morgan fingerprint density at radius 3 is 3.22 bits per heavy atom. The predicted octanol–water partition coefficient (Wildman–Crippen LogP) is 2.51. The van der Waals surface area contributed by atoms with Crippen LogP contribution in [-0.4, -0.2) is 28.0 Å². The van der Waals surface area contributed by atoms with E-state index in [4.69, 9.17) is 5.73 Å². The third kappa shape index (κ3) is 2.33. The predicted molar refractivity (Wildman–Crippen MR) is 75.5 cm³/mol. The first kappa shape index (κ1) is 11.9. The van der Waals surface area contributed by atoms with E-state index in [1.165, 1.54) is 12.8 Å². The van der Waals surface area contributed by atoms with E-state index in [2.05, 4.69) is 21.8 Å². The van der Waals surface area contributed by atoms with Gasteiger partial charge in [-0.25, -0.2) is 9.97 Å². The van der Waals surface area contributed by atoms with E-state index in [1.807, 2.05) is 11.4 Å². The van der Waals surface area contributed by atoms with E-state index in [1.54, 1.807) is 11.3 Å². The highest BCUT2D eigenvalue weighted by Crippen LogP contribution is 2.24. The topological polar surface area (TPSA) is 55.0 Å². The molecule has 0 spiro atoms. The van der Waals surface area contributed by atoms with Gasteiger partial charge in [0.2, 0.25) is 0 Å². The molecule has 0 radical (unpaired) electrons. The molecular weight excluding hydrogens is 244 g/mol. The molecule has 96 valence electrons. The maximum Gasteiger partial charge on any atom is 0.146 e. The summed E-state index contributed by atoms with van der Waals surface area (Å²) in [6.07, 6.45) is 2.61. The molecule has 0 aliphatic carbocycles. The van der Waals surface area contributed by atoms with E-state index in [0.717, 1.165) is 41.6 Å². The zero-order chi connectivity index (χ0) is 12.5. The van der Waals surface area contributed by atoms with Crippen molar-refractivity contribution in [2.75, 3.05) is 18.8 Å². The van der Waals surface area contributed by atoms with Crippen LogP contribution in [-0.2, 0) is 6.54 Å². The maximum atomic E-state index is 5.97. The zero-order valence-electron chi connectivity index (χ0n) is 10.6. The Hall–Kier alpha value is -1.20. The Balaban J connectivity index is 1.81. The summed E-state index contributed by atoms with van der Waals surface area (Å²) in [5, 5.41) is 3.00. The molecule has 2 aromatic heterocycles. The van der Waals surface area contributed by atoms with Crippen molar-refractivity contribution in [2.45, 2.75) is 26.3 Å². The first-order chi connectivity index (χ1) is 8.72. The second-order valence-corrected chi connectivity index (χ2v) is 6.04.